The van der Waals surface area contributed by atoms with Gasteiger partial charge in [0.2, 0.25) is 0 Å². The van der Waals surface area contributed by atoms with Crippen molar-refractivity contribution in [1.29, 1.82) is 0 Å². The Balaban J connectivity index is 1.72. The van der Waals surface area contributed by atoms with Crippen LogP contribution in [0.4, 0.5) is 4.39 Å². The number of nitrogens with zero attached hydrogens (tertiary/aromatic N) is 2. The van der Waals surface area contributed by atoms with Crippen molar-refractivity contribution in [3.05, 3.63) is 52.6 Å². The van der Waals surface area contributed by atoms with Crippen LogP contribution < -0.4 is 0 Å². The maximum atomic E-state index is 13.0. The Morgan fingerprint density at radius 2 is 2.10 bits per heavy atom. The quantitative estimate of drug-likeness (QED) is 0.793. The molecule has 1 saturated carbocycles. The van der Waals surface area contributed by atoms with E-state index in [1.807, 2.05) is 16.9 Å². The number of carbonyl (C=O) groups is 1. The molecular weight excluding hydrogens is 291 g/mol. The van der Waals surface area contributed by atoms with Gasteiger partial charge in [0.25, 0.3) is 0 Å². The first-order chi connectivity index (χ1) is 10.1. The number of halogens is 2. The molecular formula is C16H16ClFN2O. The number of benzene rings is 1. The molecule has 1 aliphatic carbocycles. The summed E-state index contributed by atoms with van der Waals surface area (Å²) in [7, 11) is 0. The fourth-order valence-electron chi connectivity index (χ4n) is 2.82. The van der Waals surface area contributed by atoms with Gasteiger partial charge in [-0.1, -0.05) is 24.4 Å². The fourth-order valence-corrected chi connectivity index (χ4v) is 3.09. The number of hydrogen-bond donors (Lipinski definition) is 0. The Labute approximate surface area is 127 Å². The fraction of sp³-hybridized carbons (Fsp3) is 0.375. The van der Waals surface area contributed by atoms with Gasteiger partial charge >= 0.3 is 0 Å². The van der Waals surface area contributed by atoms with E-state index in [2.05, 4.69) is 5.10 Å². The molecule has 0 amide bonds. The zero-order valence-electron chi connectivity index (χ0n) is 11.6. The second-order valence-corrected chi connectivity index (χ2v) is 5.86. The summed E-state index contributed by atoms with van der Waals surface area (Å²) < 4.78 is 15.0. The van der Waals surface area contributed by atoms with E-state index in [0.717, 1.165) is 24.6 Å². The molecule has 0 aliphatic heterocycles. The molecule has 0 saturated heterocycles. The molecule has 0 spiro atoms. The first-order valence-corrected chi connectivity index (χ1v) is 7.53. The third-order valence-corrected chi connectivity index (χ3v) is 4.25. The molecule has 1 aromatic carbocycles. The molecule has 0 bridgehead atoms. The molecule has 3 rings (SSSR count). The largest absolute Gasteiger partial charge is 0.294 e. The lowest BCUT2D eigenvalue weighted by Crippen LogP contribution is -2.08. The van der Waals surface area contributed by atoms with Gasteiger partial charge in [-0.15, -0.1) is 0 Å². The van der Waals surface area contributed by atoms with Crippen LogP contribution in [0, 0.1) is 5.82 Å². The standard InChI is InChI=1S/C16H16ClFN2O/c17-15-9-11(18)5-6-14(15)16(21)10-12-7-8-20(19-12)13-3-1-2-4-13/h5-9,13H,1-4,10H2. The molecule has 5 heteroatoms. The summed E-state index contributed by atoms with van der Waals surface area (Å²) in [5, 5.41) is 4.63. The van der Waals surface area contributed by atoms with Crippen LogP contribution in [-0.2, 0) is 6.42 Å². The predicted molar refractivity (Wildman–Crippen MR) is 79.2 cm³/mol. The van der Waals surface area contributed by atoms with E-state index in [1.54, 1.807) is 0 Å². The summed E-state index contributed by atoms with van der Waals surface area (Å²) in [6.07, 6.45) is 6.90. The van der Waals surface area contributed by atoms with Crippen LogP contribution in [0.25, 0.3) is 0 Å². The lowest BCUT2D eigenvalue weighted by atomic mass is 10.1. The summed E-state index contributed by atoms with van der Waals surface area (Å²) in [4.78, 5) is 12.2. The molecule has 1 aromatic heterocycles. The van der Waals surface area contributed by atoms with Crippen molar-refractivity contribution in [2.45, 2.75) is 38.1 Å². The summed E-state index contributed by atoms with van der Waals surface area (Å²) in [5.41, 5.74) is 1.07. The third-order valence-electron chi connectivity index (χ3n) is 3.94. The van der Waals surface area contributed by atoms with Crippen molar-refractivity contribution in [3.63, 3.8) is 0 Å². The van der Waals surface area contributed by atoms with Gasteiger partial charge in [0.15, 0.2) is 5.78 Å². The van der Waals surface area contributed by atoms with E-state index >= 15 is 0 Å². The van der Waals surface area contributed by atoms with Crippen molar-refractivity contribution in [3.8, 4) is 0 Å². The van der Waals surface area contributed by atoms with Gasteiger partial charge in [-0.25, -0.2) is 4.39 Å². The highest BCUT2D eigenvalue weighted by Crippen LogP contribution is 2.28. The second kappa shape index (κ2) is 5.98. The topological polar surface area (TPSA) is 34.9 Å². The van der Waals surface area contributed by atoms with E-state index in [0.29, 0.717) is 11.6 Å². The SMILES string of the molecule is O=C(Cc1ccn(C2CCCC2)n1)c1ccc(F)cc1Cl. The van der Waals surface area contributed by atoms with Gasteiger partial charge in [0.1, 0.15) is 5.82 Å². The smallest absolute Gasteiger partial charge is 0.170 e. The molecule has 1 heterocycles. The Kier molecular flexibility index (Phi) is 4.06. The maximum Gasteiger partial charge on any atom is 0.170 e. The average Bonchev–Trinajstić information content (AvgIpc) is 3.08. The van der Waals surface area contributed by atoms with E-state index in [9.17, 15) is 9.18 Å². The van der Waals surface area contributed by atoms with Crippen molar-refractivity contribution >= 4 is 17.4 Å². The normalized spacial score (nSPS) is 15.5. The molecule has 1 fully saturated rings. The maximum absolute atomic E-state index is 13.0. The van der Waals surface area contributed by atoms with Gasteiger partial charge < -0.3 is 0 Å². The number of hydrogen-bond acceptors (Lipinski definition) is 2. The minimum Gasteiger partial charge on any atom is -0.294 e. The van der Waals surface area contributed by atoms with E-state index in [-0.39, 0.29) is 17.2 Å². The summed E-state index contributed by atoms with van der Waals surface area (Å²) in [6.45, 7) is 0. The van der Waals surface area contributed by atoms with Crippen LogP contribution >= 0.6 is 11.6 Å². The zero-order valence-corrected chi connectivity index (χ0v) is 12.3. The molecule has 0 radical (unpaired) electrons. The summed E-state index contributed by atoms with van der Waals surface area (Å²) in [5.74, 6) is -0.585. The van der Waals surface area contributed by atoms with Crippen LogP contribution in [0.2, 0.25) is 5.02 Å². The molecule has 0 unspecified atom stereocenters. The van der Waals surface area contributed by atoms with Gasteiger partial charge in [0, 0.05) is 11.8 Å². The van der Waals surface area contributed by atoms with Crippen LogP contribution in [0.5, 0.6) is 0 Å². The highest BCUT2D eigenvalue weighted by Gasteiger charge is 2.19. The monoisotopic (exact) mass is 306 g/mol. The minimum atomic E-state index is -0.443. The van der Waals surface area contributed by atoms with E-state index < -0.39 is 5.82 Å². The lowest BCUT2D eigenvalue weighted by Gasteiger charge is -2.08. The Hall–Kier alpha value is -1.68. The number of rotatable bonds is 4. The van der Waals surface area contributed by atoms with Crippen molar-refractivity contribution in [2.75, 3.05) is 0 Å². The molecule has 21 heavy (non-hydrogen) atoms. The highest BCUT2D eigenvalue weighted by atomic mass is 35.5. The molecule has 3 nitrogen and oxygen atoms in total. The summed E-state index contributed by atoms with van der Waals surface area (Å²) in [6, 6.07) is 6.16. The number of carbonyl (C=O) groups excluding carboxylic acids is 1. The van der Waals surface area contributed by atoms with Crippen LogP contribution in [-0.4, -0.2) is 15.6 Å². The second-order valence-electron chi connectivity index (χ2n) is 5.45. The van der Waals surface area contributed by atoms with Crippen LogP contribution in [0.15, 0.2) is 30.5 Å². The third kappa shape index (κ3) is 3.16. The first kappa shape index (κ1) is 14.3. The van der Waals surface area contributed by atoms with Crippen molar-refractivity contribution < 1.29 is 9.18 Å². The molecule has 0 N–H and O–H groups in total. The minimum absolute atomic E-state index is 0.142. The molecule has 1 aliphatic rings. The first-order valence-electron chi connectivity index (χ1n) is 7.16. The van der Waals surface area contributed by atoms with Gasteiger partial charge in [-0.3, -0.25) is 9.48 Å². The van der Waals surface area contributed by atoms with Crippen molar-refractivity contribution in [2.24, 2.45) is 0 Å². The Bertz CT molecular complexity index is 662. The van der Waals surface area contributed by atoms with E-state index in [1.165, 1.54) is 25.0 Å². The molecule has 110 valence electrons. The Morgan fingerprint density at radius 1 is 1.33 bits per heavy atom. The highest BCUT2D eigenvalue weighted by molar-refractivity contribution is 6.34. The molecule has 0 atom stereocenters. The number of aromatic nitrogens is 2. The van der Waals surface area contributed by atoms with Crippen LogP contribution in [0.1, 0.15) is 47.8 Å². The Morgan fingerprint density at radius 3 is 2.81 bits per heavy atom. The predicted octanol–water partition coefficient (Wildman–Crippen LogP) is 4.22. The van der Waals surface area contributed by atoms with E-state index in [4.69, 9.17) is 11.6 Å². The average molecular weight is 307 g/mol. The van der Waals surface area contributed by atoms with Gasteiger partial charge in [0.05, 0.1) is 23.2 Å². The zero-order chi connectivity index (χ0) is 14.8. The van der Waals surface area contributed by atoms with Crippen molar-refractivity contribution in [1.82, 2.24) is 9.78 Å². The van der Waals surface area contributed by atoms with Gasteiger partial charge in [-0.05, 0) is 37.1 Å². The van der Waals surface area contributed by atoms with Gasteiger partial charge in [-0.2, -0.15) is 5.10 Å². The molecule has 2 aromatic rings. The summed E-state index contributed by atoms with van der Waals surface area (Å²) >= 11 is 5.91. The lowest BCUT2D eigenvalue weighted by molar-refractivity contribution is 0.0992. The number of ketones is 1. The van der Waals surface area contributed by atoms with Crippen LogP contribution in [0.3, 0.4) is 0 Å². The number of Topliss-reactive ketones (excluding diaryl/α,β-unsaturated/α-hetero) is 1.